The second kappa shape index (κ2) is 8.21. The topological polar surface area (TPSA) is 77.6 Å². The number of para-hydroxylation sites is 1. The van der Waals surface area contributed by atoms with Crippen LogP contribution < -0.4 is 10.3 Å². The Morgan fingerprint density at radius 2 is 1.94 bits per heavy atom. The average Bonchev–Trinajstić information content (AvgIpc) is 3.19. The van der Waals surface area contributed by atoms with Gasteiger partial charge in [0.25, 0.3) is 11.5 Å². The fourth-order valence-electron chi connectivity index (χ4n) is 4.00. The number of amides is 1. The maximum atomic E-state index is 13.0. The molecule has 7 heteroatoms. The Morgan fingerprint density at radius 1 is 1.19 bits per heavy atom. The second-order valence-electron chi connectivity index (χ2n) is 9.21. The number of ether oxygens (including phenoxy) is 1. The van der Waals surface area contributed by atoms with Crippen molar-refractivity contribution in [3.8, 4) is 5.75 Å². The summed E-state index contributed by atoms with van der Waals surface area (Å²) in [6.07, 6.45) is 1.65. The summed E-state index contributed by atoms with van der Waals surface area (Å²) >= 11 is 0. The van der Waals surface area contributed by atoms with Gasteiger partial charge < -0.3 is 14.1 Å². The van der Waals surface area contributed by atoms with Gasteiger partial charge in [0.1, 0.15) is 0 Å². The molecular formula is C24H29N3O4. The summed E-state index contributed by atoms with van der Waals surface area (Å²) in [7, 11) is 1.58. The summed E-state index contributed by atoms with van der Waals surface area (Å²) in [6, 6.07) is 10.8. The van der Waals surface area contributed by atoms with Crippen molar-refractivity contribution in [3.05, 3.63) is 58.2 Å². The van der Waals surface area contributed by atoms with E-state index in [2.05, 4.69) is 25.9 Å². The summed E-state index contributed by atoms with van der Waals surface area (Å²) in [5.74, 6) is 1.14. The Bertz CT molecular complexity index is 1150. The first-order chi connectivity index (χ1) is 14.8. The molecule has 2 aromatic heterocycles. The van der Waals surface area contributed by atoms with E-state index < -0.39 is 0 Å². The second-order valence-corrected chi connectivity index (χ2v) is 9.21. The summed E-state index contributed by atoms with van der Waals surface area (Å²) in [6.45, 7) is 8.09. The molecular weight excluding hydrogens is 394 g/mol. The lowest BCUT2D eigenvalue weighted by molar-refractivity contribution is 0.0650. The Kier molecular flexibility index (Phi) is 5.60. The van der Waals surface area contributed by atoms with Crippen LogP contribution in [0.25, 0.3) is 11.0 Å². The van der Waals surface area contributed by atoms with E-state index in [0.717, 1.165) is 23.9 Å². The number of aromatic nitrogens is 2. The molecule has 0 radical (unpaired) electrons. The minimum absolute atomic E-state index is 0.0808. The number of carbonyl (C=O) groups excluding carboxylic acids is 1. The normalized spacial score (nSPS) is 15.4. The van der Waals surface area contributed by atoms with Crippen molar-refractivity contribution in [1.82, 2.24) is 14.7 Å². The molecule has 0 saturated carbocycles. The molecule has 1 fully saturated rings. The van der Waals surface area contributed by atoms with Crippen LogP contribution in [0.5, 0.6) is 5.75 Å². The quantitative estimate of drug-likeness (QED) is 0.637. The molecule has 3 aromatic rings. The molecule has 1 aliphatic rings. The maximum absolute atomic E-state index is 13.0. The standard InChI is InChI=1S/C24H29N3O4/c1-24(2,3)20-8-9-21(28)27(25-20)15-16-10-12-26(13-11-16)23(29)19-14-17-6-5-7-18(30-4)22(17)31-19/h5-9,14,16H,10-13,15H2,1-4H3. The fourth-order valence-corrected chi connectivity index (χ4v) is 4.00. The van der Waals surface area contributed by atoms with Gasteiger partial charge in [-0.05, 0) is 37.0 Å². The van der Waals surface area contributed by atoms with Gasteiger partial charge in [-0.15, -0.1) is 0 Å². The van der Waals surface area contributed by atoms with Crippen molar-refractivity contribution < 1.29 is 13.9 Å². The summed E-state index contributed by atoms with van der Waals surface area (Å²) < 4.78 is 12.7. The first-order valence-corrected chi connectivity index (χ1v) is 10.7. The number of carbonyl (C=O) groups is 1. The number of furan rings is 1. The summed E-state index contributed by atoms with van der Waals surface area (Å²) in [5, 5.41) is 5.43. The highest BCUT2D eigenvalue weighted by Gasteiger charge is 2.27. The molecule has 1 saturated heterocycles. The van der Waals surface area contributed by atoms with Crippen LogP contribution in [0.2, 0.25) is 0 Å². The van der Waals surface area contributed by atoms with Gasteiger partial charge in [-0.1, -0.05) is 32.9 Å². The predicted octanol–water partition coefficient (Wildman–Crippen LogP) is 3.85. The number of hydrogen-bond donors (Lipinski definition) is 0. The van der Waals surface area contributed by atoms with Gasteiger partial charge in [-0.25, -0.2) is 4.68 Å². The van der Waals surface area contributed by atoms with Gasteiger partial charge in [-0.2, -0.15) is 5.10 Å². The number of nitrogens with zero attached hydrogens (tertiary/aromatic N) is 3. The highest BCUT2D eigenvalue weighted by atomic mass is 16.5. The average molecular weight is 424 g/mol. The molecule has 0 spiro atoms. The van der Waals surface area contributed by atoms with Crippen molar-refractivity contribution >= 4 is 16.9 Å². The van der Waals surface area contributed by atoms with Crippen molar-refractivity contribution in [2.45, 2.75) is 45.6 Å². The Hall–Kier alpha value is -3.09. The summed E-state index contributed by atoms with van der Waals surface area (Å²) in [4.78, 5) is 27.1. The Balaban J connectivity index is 1.42. The van der Waals surface area contributed by atoms with Crippen LogP contribution in [0.3, 0.4) is 0 Å². The number of piperidine rings is 1. The number of hydrogen-bond acceptors (Lipinski definition) is 5. The first kappa shape index (κ1) is 21.2. The lowest BCUT2D eigenvalue weighted by Crippen LogP contribution is -2.40. The van der Waals surface area contributed by atoms with E-state index in [-0.39, 0.29) is 16.9 Å². The van der Waals surface area contributed by atoms with Crippen LogP contribution in [0.15, 0.2) is 45.6 Å². The highest BCUT2D eigenvalue weighted by Crippen LogP contribution is 2.30. The third-order valence-corrected chi connectivity index (χ3v) is 5.91. The molecule has 31 heavy (non-hydrogen) atoms. The van der Waals surface area contributed by atoms with Crippen LogP contribution in [-0.2, 0) is 12.0 Å². The van der Waals surface area contributed by atoms with Crippen molar-refractivity contribution in [1.29, 1.82) is 0 Å². The minimum atomic E-state index is -0.111. The summed E-state index contributed by atoms with van der Waals surface area (Å²) in [5.41, 5.74) is 1.30. The van der Waals surface area contributed by atoms with Gasteiger partial charge in [0.15, 0.2) is 17.1 Å². The molecule has 7 nitrogen and oxygen atoms in total. The largest absolute Gasteiger partial charge is 0.493 e. The van der Waals surface area contributed by atoms with E-state index in [9.17, 15) is 9.59 Å². The fraction of sp³-hybridized carbons (Fsp3) is 0.458. The Labute approximate surface area is 181 Å². The minimum Gasteiger partial charge on any atom is -0.493 e. The lowest BCUT2D eigenvalue weighted by Gasteiger charge is -2.31. The number of methoxy groups -OCH3 is 1. The molecule has 0 unspecified atom stereocenters. The van der Waals surface area contributed by atoms with Crippen LogP contribution in [0, 0.1) is 5.92 Å². The number of benzene rings is 1. The lowest BCUT2D eigenvalue weighted by atomic mass is 9.92. The van der Waals surface area contributed by atoms with E-state index in [4.69, 9.17) is 9.15 Å². The molecule has 1 aliphatic heterocycles. The van der Waals surface area contributed by atoms with E-state index in [1.54, 1.807) is 23.9 Å². The SMILES string of the molecule is COc1cccc2cc(C(=O)N3CCC(Cn4nc(C(C)(C)C)ccc4=O)CC3)oc12. The molecule has 4 rings (SSSR count). The Morgan fingerprint density at radius 3 is 2.61 bits per heavy atom. The van der Waals surface area contributed by atoms with Gasteiger partial charge >= 0.3 is 0 Å². The maximum Gasteiger partial charge on any atom is 0.289 e. The molecule has 1 amide bonds. The van der Waals surface area contributed by atoms with Gasteiger partial charge in [-0.3, -0.25) is 9.59 Å². The number of rotatable bonds is 4. The van der Waals surface area contributed by atoms with E-state index >= 15 is 0 Å². The molecule has 0 atom stereocenters. The van der Waals surface area contributed by atoms with E-state index in [1.807, 2.05) is 29.2 Å². The zero-order chi connectivity index (χ0) is 22.2. The van der Waals surface area contributed by atoms with Crippen LogP contribution in [-0.4, -0.2) is 40.8 Å². The third-order valence-electron chi connectivity index (χ3n) is 5.91. The van der Waals surface area contributed by atoms with Gasteiger partial charge in [0, 0.05) is 36.5 Å². The zero-order valence-electron chi connectivity index (χ0n) is 18.6. The molecule has 0 aliphatic carbocycles. The first-order valence-electron chi connectivity index (χ1n) is 10.7. The number of likely N-dealkylation sites (tertiary alicyclic amines) is 1. The van der Waals surface area contributed by atoms with Crippen LogP contribution >= 0.6 is 0 Å². The van der Waals surface area contributed by atoms with Crippen LogP contribution in [0.4, 0.5) is 0 Å². The van der Waals surface area contributed by atoms with Crippen molar-refractivity contribution in [2.24, 2.45) is 5.92 Å². The van der Waals surface area contributed by atoms with Crippen LogP contribution in [0.1, 0.15) is 49.9 Å². The van der Waals surface area contributed by atoms with E-state index in [0.29, 0.717) is 42.6 Å². The zero-order valence-corrected chi connectivity index (χ0v) is 18.6. The third kappa shape index (κ3) is 4.36. The van der Waals surface area contributed by atoms with Gasteiger partial charge in [0.05, 0.1) is 12.8 Å². The number of fused-ring (bicyclic) bond motifs is 1. The monoisotopic (exact) mass is 423 g/mol. The van der Waals surface area contributed by atoms with E-state index in [1.165, 1.54) is 0 Å². The smallest absolute Gasteiger partial charge is 0.289 e. The van der Waals surface area contributed by atoms with Gasteiger partial charge in [0.2, 0.25) is 0 Å². The highest BCUT2D eigenvalue weighted by molar-refractivity contribution is 5.97. The predicted molar refractivity (Wildman–Crippen MR) is 119 cm³/mol. The molecule has 0 bridgehead atoms. The van der Waals surface area contributed by atoms with Crippen molar-refractivity contribution in [2.75, 3.05) is 20.2 Å². The molecule has 3 heterocycles. The van der Waals surface area contributed by atoms with Crippen molar-refractivity contribution in [3.63, 3.8) is 0 Å². The molecule has 0 N–H and O–H groups in total. The molecule has 1 aromatic carbocycles. The molecule has 164 valence electrons.